The molecular weight excluding hydrogens is 302 g/mol. The van der Waals surface area contributed by atoms with Gasteiger partial charge in [-0.2, -0.15) is 0 Å². The van der Waals surface area contributed by atoms with Gasteiger partial charge in [0.05, 0.1) is 17.6 Å². The van der Waals surface area contributed by atoms with E-state index in [9.17, 15) is 0 Å². The molecule has 0 saturated heterocycles. The first-order chi connectivity index (χ1) is 11.2. The van der Waals surface area contributed by atoms with Gasteiger partial charge in [0.1, 0.15) is 5.82 Å². The second-order valence-electron chi connectivity index (χ2n) is 5.87. The Morgan fingerprint density at radius 2 is 1.91 bits per heavy atom. The third-order valence-electron chi connectivity index (χ3n) is 3.69. The highest BCUT2D eigenvalue weighted by atomic mass is 32.2. The van der Waals surface area contributed by atoms with E-state index >= 15 is 0 Å². The molecule has 1 N–H and O–H groups in total. The molecule has 2 aromatic carbocycles. The number of nitrogens with one attached hydrogen (secondary N) is 1. The van der Waals surface area contributed by atoms with E-state index in [1.165, 1.54) is 16.9 Å². The largest absolute Gasteiger partial charge is 0.341 e. The van der Waals surface area contributed by atoms with Gasteiger partial charge in [0, 0.05) is 11.4 Å². The molecule has 1 heterocycles. The standard InChI is InChI=1S/C19H23N3S/c1-3-11-23-16-9-10-17-18(12-16)21-19(20-17)14-22(2)13-15-7-5-4-6-8-15/h4-10,12H,3,11,13-14H2,1-2H3,(H,20,21). The molecule has 0 radical (unpaired) electrons. The molecule has 0 saturated carbocycles. The van der Waals surface area contributed by atoms with Crippen molar-refractivity contribution >= 4 is 22.8 Å². The fourth-order valence-electron chi connectivity index (χ4n) is 2.63. The summed E-state index contributed by atoms with van der Waals surface area (Å²) in [5.41, 5.74) is 3.51. The Morgan fingerprint density at radius 3 is 2.70 bits per heavy atom. The predicted octanol–water partition coefficient (Wildman–Crippen LogP) is 4.70. The number of rotatable bonds is 7. The van der Waals surface area contributed by atoms with Crippen molar-refractivity contribution in [2.24, 2.45) is 0 Å². The van der Waals surface area contributed by atoms with Crippen LogP contribution in [0.15, 0.2) is 53.4 Å². The topological polar surface area (TPSA) is 31.9 Å². The van der Waals surface area contributed by atoms with E-state index in [-0.39, 0.29) is 0 Å². The fourth-order valence-corrected chi connectivity index (χ4v) is 3.44. The van der Waals surface area contributed by atoms with Crippen molar-refractivity contribution in [1.29, 1.82) is 0 Å². The molecule has 0 aliphatic rings. The van der Waals surface area contributed by atoms with Crippen LogP contribution < -0.4 is 0 Å². The summed E-state index contributed by atoms with van der Waals surface area (Å²) in [5, 5.41) is 0. The number of benzene rings is 2. The first-order valence-electron chi connectivity index (χ1n) is 8.08. The van der Waals surface area contributed by atoms with Crippen LogP contribution in [-0.2, 0) is 13.1 Å². The SMILES string of the molecule is CCCSc1ccc2nc(CN(C)Cc3ccccc3)[nH]c2c1. The van der Waals surface area contributed by atoms with Gasteiger partial charge >= 0.3 is 0 Å². The maximum Gasteiger partial charge on any atom is 0.121 e. The first kappa shape index (κ1) is 16.1. The van der Waals surface area contributed by atoms with Gasteiger partial charge in [-0.25, -0.2) is 4.98 Å². The van der Waals surface area contributed by atoms with Crippen molar-refractivity contribution in [2.75, 3.05) is 12.8 Å². The number of aromatic nitrogens is 2. The van der Waals surface area contributed by atoms with Gasteiger partial charge in [0.25, 0.3) is 0 Å². The summed E-state index contributed by atoms with van der Waals surface area (Å²) in [6, 6.07) is 17.0. The second kappa shape index (κ2) is 7.66. The number of hydrogen-bond acceptors (Lipinski definition) is 3. The number of hydrogen-bond donors (Lipinski definition) is 1. The Bertz CT molecular complexity index is 752. The zero-order valence-electron chi connectivity index (χ0n) is 13.7. The highest BCUT2D eigenvalue weighted by molar-refractivity contribution is 7.99. The predicted molar refractivity (Wildman–Crippen MR) is 98.7 cm³/mol. The lowest BCUT2D eigenvalue weighted by Crippen LogP contribution is -2.17. The maximum absolute atomic E-state index is 4.71. The number of aromatic amines is 1. The molecule has 0 spiro atoms. The number of nitrogens with zero attached hydrogens (tertiary/aromatic N) is 2. The first-order valence-corrected chi connectivity index (χ1v) is 9.07. The molecule has 0 bridgehead atoms. The van der Waals surface area contributed by atoms with Crippen molar-refractivity contribution in [3.8, 4) is 0 Å². The Balaban J connectivity index is 1.68. The minimum Gasteiger partial charge on any atom is -0.341 e. The van der Waals surface area contributed by atoms with Crippen LogP contribution in [0.3, 0.4) is 0 Å². The summed E-state index contributed by atoms with van der Waals surface area (Å²) in [5.74, 6) is 2.18. The second-order valence-corrected chi connectivity index (χ2v) is 7.04. The summed E-state index contributed by atoms with van der Waals surface area (Å²) in [6.07, 6.45) is 1.20. The quantitative estimate of drug-likeness (QED) is 0.639. The van der Waals surface area contributed by atoms with Crippen LogP contribution in [-0.4, -0.2) is 27.7 Å². The molecule has 4 heteroatoms. The molecule has 0 aliphatic heterocycles. The lowest BCUT2D eigenvalue weighted by Gasteiger charge is -2.14. The fraction of sp³-hybridized carbons (Fsp3) is 0.316. The van der Waals surface area contributed by atoms with Crippen molar-refractivity contribution in [3.63, 3.8) is 0 Å². The average Bonchev–Trinajstić information content (AvgIpc) is 2.95. The molecular formula is C19H23N3S. The van der Waals surface area contributed by atoms with E-state index in [1.807, 2.05) is 11.8 Å². The molecule has 0 fully saturated rings. The summed E-state index contributed by atoms with van der Waals surface area (Å²) >= 11 is 1.90. The molecule has 0 atom stereocenters. The molecule has 1 aromatic heterocycles. The molecule has 120 valence electrons. The summed E-state index contributed by atoms with van der Waals surface area (Å²) in [6.45, 7) is 3.96. The van der Waals surface area contributed by atoms with Crippen LogP contribution in [0.2, 0.25) is 0 Å². The van der Waals surface area contributed by atoms with Crippen LogP contribution in [0.4, 0.5) is 0 Å². The highest BCUT2D eigenvalue weighted by Crippen LogP contribution is 2.23. The lowest BCUT2D eigenvalue weighted by molar-refractivity contribution is 0.312. The van der Waals surface area contributed by atoms with E-state index in [0.717, 1.165) is 35.7 Å². The number of H-pyrrole nitrogens is 1. The Kier molecular flexibility index (Phi) is 5.36. The van der Waals surface area contributed by atoms with Gasteiger partial charge in [-0.1, -0.05) is 37.3 Å². The van der Waals surface area contributed by atoms with Crippen LogP contribution in [0.25, 0.3) is 11.0 Å². The third kappa shape index (κ3) is 4.36. The summed E-state index contributed by atoms with van der Waals surface area (Å²) < 4.78 is 0. The Labute approximate surface area is 142 Å². The minimum atomic E-state index is 0.820. The molecule has 3 nitrogen and oxygen atoms in total. The van der Waals surface area contributed by atoms with Gasteiger partial charge in [0.2, 0.25) is 0 Å². The van der Waals surface area contributed by atoms with E-state index in [2.05, 4.69) is 72.4 Å². The van der Waals surface area contributed by atoms with Gasteiger partial charge in [-0.3, -0.25) is 4.90 Å². The van der Waals surface area contributed by atoms with Crippen molar-refractivity contribution in [3.05, 3.63) is 59.9 Å². The van der Waals surface area contributed by atoms with E-state index in [1.54, 1.807) is 0 Å². The zero-order valence-corrected chi connectivity index (χ0v) is 14.6. The molecule has 23 heavy (non-hydrogen) atoms. The average molecular weight is 325 g/mol. The minimum absolute atomic E-state index is 0.820. The summed E-state index contributed by atoms with van der Waals surface area (Å²) in [4.78, 5) is 11.8. The van der Waals surface area contributed by atoms with Crippen molar-refractivity contribution < 1.29 is 0 Å². The summed E-state index contributed by atoms with van der Waals surface area (Å²) in [7, 11) is 2.13. The van der Waals surface area contributed by atoms with Crippen LogP contribution in [0.1, 0.15) is 24.7 Å². The zero-order chi connectivity index (χ0) is 16.1. The van der Waals surface area contributed by atoms with Gasteiger partial charge in [-0.15, -0.1) is 11.8 Å². The molecule has 3 rings (SSSR count). The smallest absolute Gasteiger partial charge is 0.121 e. The van der Waals surface area contributed by atoms with Gasteiger partial charge in [-0.05, 0) is 43.0 Å². The molecule has 3 aromatic rings. The van der Waals surface area contributed by atoms with E-state index in [4.69, 9.17) is 4.98 Å². The van der Waals surface area contributed by atoms with Gasteiger partial charge in [0.15, 0.2) is 0 Å². The molecule has 0 aliphatic carbocycles. The van der Waals surface area contributed by atoms with Crippen LogP contribution in [0.5, 0.6) is 0 Å². The maximum atomic E-state index is 4.71. The Hall–Kier alpha value is -1.78. The third-order valence-corrected chi connectivity index (χ3v) is 4.89. The molecule has 0 unspecified atom stereocenters. The van der Waals surface area contributed by atoms with Crippen molar-refractivity contribution in [1.82, 2.24) is 14.9 Å². The van der Waals surface area contributed by atoms with Crippen molar-refractivity contribution in [2.45, 2.75) is 31.3 Å². The normalized spacial score (nSPS) is 11.4. The van der Waals surface area contributed by atoms with Gasteiger partial charge < -0.3 is 4.98 Å². The van der Waals surface area contributed by atoms with E-state index < -0.39 is 0 Å². The highest BCUT2D eigenvalue weighted by Gasteiger charge is 2.07. The van der Waals surface area contributed by atoms with Crippen LogP contribution in [0, 0.1) is 0 Å². The molecule has 0 amide bonds. The Morgan fingerprint density at radius 1 is 1.09 bits per heavy atom. The van der Waals surface area contributed by atoms with Crippen LogP contribution >= 0.6 is 11.8 Å². The monoisotopic (exact) mass is 325 g/mol. The number of thioether (sulfide) groups is 1. The number of fused-ring (bicyclic) bond motifs is 1. The lowest BCUT2D eigenvalue weighted by atomic mass is 10.2. The van der Waals surface area contributed by atoms with E-state index in [0.29, 0.717) is 0 Å². The number of imidazole rings is 1.